The molecule has 0 aromatic heterocycles. The number of ether oxygens (including phenoxy) is 1. The normalized spacial score (nSPS) is 21.4. The number of carboxylic acid groups (broad SMARTS) is 1. The van der Waals surface area contributed by atoms with E-state index >= 15 is 0 Å². The largest absolute Gasteiger partial charge is 0.497 e. The summed E-state index contributed by atoms with van der Waals surface area (Å²) < 4.78 is 5.15. The highest BCUT2D eigenvalue weighted by Crippen LogP contribution is 2.22. The number of hydrogen-bond acceptors (Lipinski definition) is 3. The number of hydrogen-bond donors (Lipinski definition) is 1. The molecule has 0 radical (unpaired) electrons. The second-order valence-corrected chi connectivity index (χ2v) is 5.49. The molecule has 1 heterocycles. The molecule has 4 heteroatoms. The van der Waals surface area contributed by atoms with Crippen LogP contribution in [-0.4, -0.2) is 41.7 Å². The summed E-state index contributed by atoms with van der Waals surface area (Å²) in [7, 11) is 1.66. The van der Waals surface area contributed by atoms with E-state index < -0.39 is 5.97 Å². The maximum Gasteiger partial charge on any atom is 0.320 e. The molecule has 2 atom stereocenters. The van der Waals surface area contributed by atoms with Gasteiger partial charge in [0.25, 0.3) is 0 Å². The van der Waals surface area contributed by atoms with Crippen molar-refractivity contribution in [2.24, 2.45) is 0 Å². The number of carbonyl (C=O) groups is 1. The van der Waals surface area contributed by atoms with Crippen LogP contribution >= 0.6 is 0 Å². The van der Waals surface area contributed by atoms with Crippen LogP contribution in [-0.2, 0) is 11.2 Å². The average Bonchev–Trinajstić information content (AvgIpc) is 2.48. The summed E-state index contributed by atoms with van der Waals surface area (Å²) in [5, 5.41) is 9.33. The summed E-state index contributed by atoms with van der Waals surface area (Å²) in [6.45, 7) is 3.00. The highest BCUT2D eigenvalue weighted by Gasteiger charge is 2.31. The van der Waals surface area contributed by atoms with E-state index in [0.717, 1.165) is 38.0 Å². The molecule has 110 valence electrons. The number of piperidine rings is 1. The van der Waals surface area contributed by atoms with Crippen molar-refractivity contribution in [3.05, 3.63) is 29.8 Å². The van der Waals surface area contributed by atoms with Gasteiger partial charge in [-0.2, -0.15) is 0 Å². The lowest BCUT2D eigenvalue weighted by Gasteiger charge is -2.37. The van der Waals surface area contributed by atoms with Crippen molar-refractivity contribution in [1.82, 2.24) is 4.90 Å². The Bertz CT molecular complexity index is 444. The first kappa shape index (κ1) is 14.9. The van der Waals surface area contributed by atoms with Crippen molar-refractivity contribution in [2.45, 2.75) is 44.7 Å². The van der Waals surface area contributed by atoms with Gasteiger partial charge in [0.05, 0.1) is 7.11 Å². The van der Waals surface area contributed by atoms with Crippen LogP contribution < -0.4 is 4.74 Å². The van der Waals surface area contributed by atoms with Crippen molar-refractivity contribution in [1.29, 1.82) is 0 Å². The average molecular weight is 277 g/mol. The fourth-order valence-corrected chi connectivity index (χ4v) is 2.97. The molecule has 1 saturated heterocycles. The van der Waals surface area contributed by atoms with Gasteiger partial charge in [-0.25, -0.2) is 0 Å². The summed E-state index contributed by atoms with van der Waals surface area (Å²) in [5.41, 5.74) is 1.22. The van der Waals surface area contributed by atoms with Crippen LogP contribution in [0.3, 0.4) is 0 Å². The molecule has 1 fully saturated rings. The Morgan fingerprint density at radius 1 is 1.40 bits per heavy atom. The fraction of sp³-hybridized carbons (Fsp3) is 0.562. The Kier molecular flexibility index (Phi) is 5.01. The molecule has 2 unspecified atom stereocenters. The number of rotatable bonds is 5. The summed E-state index contributed by atoms with van der Waals surface area (Å²) in [5.74, 6) is 0.161. The number of carboxylic acids is 1. The molecular weight excluding hydrogens is 254 g/mol. The van der Waals surface area contributed by atoms with Crippen molar-refractivity contribution < 1.29 is 14.6 Å². The molecule has 0 saturated carbocycles. The van der Waals surface area contributed by atoms with Gasteiger partial charge >= 0.3 is 5.97 Å². The Hall–Kier alpha value is -1.55. The van der Waals surface area contributed by atoms with E-state index in [0.29, 0.717) is 0 Å². The minimum atomic E-state index is -0.689. The third-order valence-corrected chi connectivity index (χ3v) is 4.09. The molecule has 0 bridgehead atoms. The van der Waals surface area contributed by atoms with E-state index in [-0.39, 0.29) is 12.1 Å². The lowest BCUT2D eigenvalue weighted by atomic mass is 9.97. The minimum Gasteiger partial charge on any atom is -0.497 e. The minimum absolute atomic E-state index is 0.241. The molecule has 2 rings (SSSR count). The first-order chi connectivity index (χ1) is 9.61. The maximum atomic E-state index is 11.3. The first-order valence-corrected chi connectivity index (χ1v) is 7.23. The molecule has 1 N–H and O–H groups in total. The van der Waals surface area contributed by atoms with Crippen LogP contribution in [0.25, 0.3) is 0 Å². The molecule has 0 amide bonds. The van der Waals surface area contributed by atoms with E-state index in [1.165, 1.54) is 5.56 Å². The Balaban J connectivity index is 2.01. The second-order valence-electron chi connectivity index (χ2n) is 5.49. The van der Waals surface area contributed by atoms with E-state index in [9.17, 15) is 9.90 Å². The summed E-state index contributed by atoms with van der Waals surface area (Å²) in [6.07, 6.45) is 3.75. The van der Waals surface area contributed by atoms with Crippen LogP contribution in [0.1, 0.15) is 31.7 Å². The number of nitrogens with zero attached hydrogens (tertiary/aromatic N) is 1. The Morgan fingerprint density at radius 3 is 2.70 bits per heavy atom. The smallest absolute Gasteiger partial charge is 0.320 e. The van der Waals surface area contributed by atoms with Crippen LogP contribution in [0, 0.1) is 0 Å². The molecule has 1 aromatic rings. The quantitative estimate of drug-likeness (QED) is 0.898. The van der Waals surface area contributed by atoms with Crippen molar-refractivity contribution in [2.75, 3.05) is 13.7 Å². The van der Waals surface area contributed by atoms with Crippen molar-refractivity contribution in [3.8, 4) is 5.75 Å². The number of methoxy groups -OCH3 is 1. The van der Waals surface area contributed by atoms with Gasteiger partial charge in [-0.05, 0) is 50.4 Å². The van der Waals surface area contributed by atoms with Gasteiger partial charge in [0, 0.05) is 6.04 Å². The summed E-state index contributed by atoms with van der Waals surface area (Å²) >= 11 is 0. The molecule has 20 heavy (non-hydrogen) atoms. The lowest BCUT2D eigenvalue weighted by Crippen LogP contribution is -2.49. The number of aliphatic carboxylic acids is 1. The Morgan fingerprint density at radius 2 is 2.10 bits per heavy atom. The van der Waals surface area contributed by atoms with E-state index in [1.807, 2.05) is 12.1 Å². The lowest BCUT2D eigenvalue weighted by molar-refractivity contribution is -0.145. The second kappa shape index (κ2) is 6.75. The summed E-state index contributed by atoms with van der Waals surface area (Å²) in [4.78, 5) is 13.5. The van der Waals surface area contributed by atoms with Gasteiger partial charge in [0.1, 0.15) is 11.8 Å². The molecule has 0 aliphatic carbocycles. The van der Waals surface area contributed by atoms with Gasteiger partial charge in [0.15, 0.2) is 0 Å². The molecule has 1 aromatic carbocycles. The molecule has 1 aliphatic rings. The van der Waals surface area contributed by atoms with Gasteiger partial charge in [-0.15, -0.1) is 0 Å². The van der Waals surface area contributed by atoms with Crippen LogP contribution in [0.15, 0.2) is 24.3 Å². The zero-order chi connectivity index (χ0) is 14.5. The zero-order valence-electron chi connectivity index (χ0n) is 12.2. The van der Waals surface area contributed by atoms with E-state index in [4.69, 9.17) is 4.74 Å². The molecule has 1 aliphatic heterocycles. The molecular formula is C16H23NO3. The molecule has 0 spiro atoms. The number of benzene rings is 1. The predicted molar refractivity (Wildman–Crippen MR) is 78.1 cm³/mol. The van der Waals surface area contributed by atoms with Crippen molar-refractivity contribution >= 4 is 5.97 Å². The monoisotopic (exact) mass is 277 g/mol. The van der Waals surface area contributed by atoms with Crippen LogP contribution in [0.2, 0.25) is 0 Å². The van der Waals surface area contributed by atoms with Gasteiger partial charge < -0.3 is 9.84 Å². The van der Waals surface area contributed by atoms with E-state index in [1.54, 1.807) is 7.11 Å². The zero-order valence-corrected chi connectivity index (χ0v) is 12.2. The van der Waals surface area contributed by atoms with Crippen LogP contribution in [0.5, 0.6) is 5.75 Å². The maximum absolute atomic E-state index is 11.3. The van der Waals surface area contributed by atoms with Crippen molar-refractivity contribution in [3.63, 3.8) is 0 Å². The summed E-state index contributed by atoms with van der Waals surface area (Å²) in [6, 6.07) is 7.92. The van der Waals surface area contributed by atoms with E-state index in [2.05, 4.69) is 24.0 Å². The topological polar surface area (TPSA) is 49.8 Å². The van der Waals surface area contributed by atoms with Gasteiger partial charge in [-0.3, -0.25) is 9.69 Å². The SMILES string of the molecule is COc1ccc(CC(C)N2CCCCC2C(=O)O)cc1. The molecule has 4 nitrogen and oxygen atoms in total. The third-order valence-electron chi connectivity index (χ3n) is 4.09. The Labute approximate surface area is 120 Å². The number of likely N-dealkylation sites (tertiary alicyclic amines) is 1. The standard InChI is InChI=1S/C16H23NO3/c1-12(11-13-6-8-14(20-2)9-7-13)17-10-4-3-5-15(17)16(18)19/h6-9,12,15H,3-5,10-11H2,1-2H3,(H,18,19). The first-order valence-electron chi connectivity index (χ1n) is 7.23. The third kappa shape index (κ3) is 3.51. The fourth-order valence-electron chi connectivity index (χ4n) is 2.97. The van der Waals surface area contributed by atoms with Crippen LogP contribution in [0.4, 0.5) is 0 Å². The van der Waals surface area contributed by atoms with Gasteiger partial charge in [0.2, 0.25) is 0 Å². The highest BCUT2D eigenvalue weighted by atomic mass is 16.5. The van der Waals surface area contributed by atoms with Gasteiger partial charge in [-0.1, -0.05) is 18.6 Å². The predicted octanol–water partition coefficient (Wildman–Crippen LogP) is 2.57. The highest BCUT2D eigenvalue weighted by molar-refractivity contribution is 5.73.